The van der Waals surface area contributed by atoms with E-state index in [0.29, 0.717) is 31.2 Å². The van der Waals surface area contributed by atoms with E-state index in [2.05, 4.69) is 5.32 Å². The van der Waals surface area contributed by atoms with Crippen molar-refractivity contribution >= 4 is 29.1 Å². The van der Waals surface area contributed by atoms with Crippen LogP contribution in [0, 0.1) is 5.92 Å². The Labute approximate surface area is 259 Å². The number of phenolic OH excluding ortho intramolecular Hbond substituents is 1. The van der Waals surface area contributed by atoms with Gasteiger partial charge in [0.25, 0.3) is 0 Å². The molecule has 1 aliphatic heterocycles. The van der Waals surface area contributed by atoms with Crippen LogP contribution in [-0.4, -0.2) is 71.9 Å². The third-order valence-corrected chi connectivity index (χ3v) is 9.28. The van der Waals surface area contributed by atoms with Gasteiger partial charge in [-0.15, -0.1) is 0 Å². The highest BCUT2D eigenvalue weighted by atomic mass is 35.5. The Bertz CT molecular complexity index is 1530. The zero-order valence-corrected chi connectivity index (χ0v) is 25.7. The number of aromatic hydroxyl groups is 1. The van der Waals surface area contributed by atoms with Gasteiger partial charge in [0.15, 0.2) is 28.8 Å². The van der Waals surface area contributed by atoms with Gasteiger partial charge in [-0.2, -0.15) is 0 Å². The van der Waals surface area contributed by atoms with Crippen LogP contribution in [0.3, 0.4) is 0 Å². The number of amides is 1. The standard InChI is InChI=1S/C32H36ClNO10/c1-15-11-21(37)26(30(39)32(15)31(40)27-23(42-3)14-24(43-4)28(33)29(27)44-32)19(16-5-10-20(36)22(12-16)41-2)13-25(38)34-17-6-8-18(35)9-7-17/h5,10,12,14-15,17-19,35-36,39H,6-9,11,13H2,1-4H3,(H,34,38). The molecule has 3 unspecified atom stereocenters. The summed E-state index contributed by atoms with van der Waals surface area (Å²) in [6.45, 7) is 1.62. The number of benzene rings is 2. The molecule has 4 N–H and O–H groups in total. The number of carbonyl (C=O) groups excluding carboxylic acids is 3. The molecule has 44 heavy (non-hydrogen) atoms. The van der Waals surface area contributed by atoms with E-state index in [9.17, 15) is 29.7 Å². The topological polar surface area (TPSA) is 161 Å². The number of methoxy groups -OCH3 is 3. The van der Waals surface area contributed by atoms with Crippen molar-refractivity contribution in [2.75, 3.05) is 21.3 Å². The first-order valence-electron chi connectivity index (χ1n) is 14.5. The highest BCUT2D eigenvalue weighted by Gasteiger charge is 2.61. The Balaban J connectivity index is 1.63. The number of halogens is 1. The molecule has 3 atom stereocenters. The minimum Gasteiger partial charge on any atom is -0.507 e. The fourth-order valence-electron chi connectivity index (χ4n) is 6.53. The summed E-state index contributed by atoms with van der Waals surface area (Å²) < 4.78 is 22.3. The van der Waals surface area contributed by atoms with Crippen LogP contribution in [-0.2, 0) is 9.59 Å². The smallest absolute Gasteiger partial charge is 0.231 e. The highest BCUT2D eigenvalue weighted by Crippen LogP contribution is 2.56. The second-order valence-corrected chi connectivity index (χ2v) is 11.9. The number of ether oxygens (including phenoxy) is 4. The number of fused-ring (bicyclic) bond motifs is 1. The summed E-state index contributed by atoms with van der Waals surface area (Å²) in [6.07, 6.45) is 1.48. The van der Waals surface area contributed by atoms with Crippen LogP contribution in [0.15, 0.2) is 35.6 Å². The quantitative estimate of drug-likeness (QED) is 0.329. The van der Waals surface area contributed by atoms with E-state index in [0.717, 1.165) is 0 Å². The van der Waals surface area contributed by atoms with Gasteiger partial charge in [-0.25, -0.2) is 0 Å². The average Bonchev–Trinajstić information content (AvgIpc) is 3.32. The lowest BCUT2D eigenvalue weighted by Crippen LogP contribution is -2.53. The molecule has 1 fully saturated rings. The van der Waals surface area contributed by atoms with Crippen molar-refractivity contribution in [3.8, 4) is 28.7 Å². The summed E-state index contributed by atoms with van der Waals surface area (Å²) in [5, 5.41) is 35.1. The number of carbonyl (C=O) groups is 3. The summed E-state index contributed by atoms with van der Waals surface area (Å²) in [4.78, 5) is 41.5. The van der Waals surface area contributed by atoms with Crippen LogP contribution in [0.25, 0.3) is 0 Å². The molecule has 0 aromatic heterocycles. The molecule has 0 saturated heterocycles. The molecular weight excluding hydrogens is 594 g/mol. The molecular formula is C32H36ClNO10. The summed E-state index contributed by atoms with van der Waals surface area (Å²) >= 11 is 6.56. The zero-order chi connectivity index (χ0) is 31.9. The number of aliphatic hydroxyl groups is 2. The third-order valence-electron chi connectivity index (χ3n) is 8.92. The van der Waals surface area contributed by atoms with Gasteiger partial charge in [0, 0.05) is 42.4 Å². The molecule has 2 aromatic carbocycles. The van der Waals surface area contributed by atoms with Gasteiger partial charge in [0.1, 0.15) is 22.1 Å². The minimum atomic E-state index is -2.02. The number of hydrogen-bond acceptors (Lipinski definition) is 10. The van der Waals surface area contributed by atoms with E-state index in [4.69, 9.17) is 30.5 Å². The average molecular weight is 630 g/mol. The Morgan fingerprint density at radius 1 is 1.05 bits per heavy atom. The molecule has 0 radical (unpaired) electrons. The Hall–Kier alpha value is -3.96. The SMILES string of the molecule is COc1cc(C(CC(=O)NC2CCC(O)CC2)C2=C(O)C3(Oc4c(Cl)c(OC)cc(OC)c4C3=O)C(C)CC2=O)ccc1O. The lowest BCUT2D eigenvalue weighted by Gasteiger charge is -2.39. The molecule has 2 aliphatic carbocycles. The van der Waals surface area contributed by atoms with E-state index in [1.165, 1.54) is 45.6 Å². The Morgan fingerprint density at radius 3 is 2.34 bits per heavy atom. The van der Waals surface area contributed by atoms with Crippen LogP contribution >= 0.6 is 11.6 Å². The lowest BCUT2D eigenvalue weighted by molar-refractivity contribution is -0.122. The second kappa shape index (κ2) is 12.2. The van der Waals surface area contributed by atoms with Crippen molar-refractivity contribution in [2.45, 2.75) is 69.1 Å². The molecule has 1 amide bonds. The minimum absolute atomic E-state index is 0.00349. The van der Waals surface area contributed by atoms with Crippen molar-refractivity contribution in [1.29, 1.82) is 0 Å². The van der Waals surface area contributed by atoms with Crippen molar-refractivity contribution in [3.63, 3.8) is 0 Å². The van der Waals surface area contributed by atoms with Gasteiger partial charge in [0.05, 0.1) is 27.4 Å². The maximum absolute atomic E-state index is 14.2. The summed E-state index contributed by atoms with van der Waals surface area (Å²) in [7, 11) is 4.13. The van der Waals surface area contributed by atoms with Crippen molar-refractivity contribution in [2.24, 2.45) is 5.92 Å². The van der Waals surface area contributed by atoms with Gasteiger partial charge in [0.2, 0.25) is 17.3 Å². The lowest BCUT2D eigenvalue weighted by atomic mass is 9.69. The molecule has 1 spiro atoms. The number of hydrogen-bond donors (Lipinski definition) is 4. The molecule has 2 aromatic rings. The molecule has 0 bridgehead atoms. The number of phenols is 1. The zero-order valence-electron chi connectivity index (χ0n) is 24.9. The second-order valence-electron chi connectivity index (χ2n) is 11.5. The van der Waals surface area contributed by atoms with Crippen LogP contribution in [0.4, 0.5) is 0 Å². The van der Waals surface area contributed by atoms with Crippen molar-refractivity contribution < 1.29 is 48.7 Å². The van der Waals surface area contributed by atoms with Gasteiger partial charge in [-0.1, -0.05) is 24.6 Å². The molecule has 11 nitrogen and oxygen atoms in total. The first kappa shape index (κ1) is 31.5. The largest absolute Gasteiger partial charge is 0.507 e. The first-order chi connectivity index (χ1) is 21.0. The van der Waals surface area contributed by atoms with E-state index in [1.807, 2.05) is 0 Å². The van der Waals surface area contributed by atoms with Crippen molar-refractivity contribution in [1.82, 2.24) is 5.32 Å². The van der Waals surface area contributed by atoms with Gasteiger partial charge >= 0.3 is 0 Å². The van der Waals surface area contributed by atoms with Gasteiger partial charge in [-0.3, -0.25) is 14.4 Å². The van der Waals surface area contributed by atoms with Crippen LogP contribution in [0.2, 0.25) is 5.02 Å². The Morgan fingerprint density at radius 2 is 1.70 bits per heavy atom. The monoisotopic (exact) mass is 629 g/mol. The predicted octanol–water partition coefficient (Wildman–Crippen LogP) is 4.40. The third kappa shape index (κ3) is 5.21. The fourth-order valence-corrected chi connectivity index (χ4v) is 6.79. The predicted molar refractivity (Wildman–Crippen MR) is 159 cm³/mol. The van der Waals surface area contributed by atoms with Crippen LogP contribution in [0.5, 0.6) is 28.7 Å². The van der Waals surface area contributed by atoms with Crippen LogP contribution in [0.1, 0.15) is 67.3 Å². The van der Waals surface area contributed by atoms with E-state index < -0.39 is 40.9 Å². The van der Waals surface area contributed by atoms with Gasteiger partial charge in [-0.05, 0) is 43.4 Å². The highest BCUT2D eigenvalue weighted by molar-refractivity contribution is 6.35. The number of allylic oxidation sites excluding steroid dienone is 1. The van der Waals surface area contributed by atoms with E-state index >= 15 is 0 Å². The fraction of sp³-hybridized carbons (Fsp3) is 0.469. The number of nitrogens with one attached hydrogen (secondary N) is 1. The number of rotatable bonds is 8. The number of ketones is 2. The molecule has 12 heteroatoms. The maximum Gasteiger partial charge on any atom is 0.231 e. The summed E-state index contributed by atoms with van der Waals surface area (Å²) in [5.41, 5.74) is -1.78. The summed E-state index contributed by atoms with van der Waals surface area (Å²) in [6, 6.07) is 5.67. The first-order valence-corrected chi connectivity index (χ1v) is 14.8. The van der Waals surface area contributed by atoms with E-state index in [-0.39, 0.29) is 69.7 Å². The number of Topliss-reactive ketones (excluding diaryl/α,β-unsaturated/α-hetero) is 2. The maximum atomic E-state index is 14.2. The molecule has 236 valence electrons. The van der Waals surface area contributed by atoms with Crippen LogP contribution < -0.4 is 24.3 Å². The van der Waals surface area contributed by atoms with E-state index in [1.54, 1.807) is 6.92 Å². The molecule has 1 saturated carbocycles. The molecule has 5 rings (SSSR count). The molecule has 3 aliphatic rings. The summed E-state index contributed by atoms with van der Waals surface area (Å²) in [5.74, 6) is -3.75. The molecule has 1 heterocycles. The Kier molecular flexibility index (Phi) is 8.73. The van der Waals surface area contributed by atoms with Crippen molar-refractivity contribution in [3.05, 3.63) is 51.7 Å². The number of aliphatic hydroxyl groups excluding tert-OH is 2. The van der Waals surface area contributed by atoms with Gasteiger partial charge < -0.3 is 39.6 Å². The normalized spacial score (nSPS) is 25.4.